The third-order valence-electron chi connectivity index (χ3n) is 4.04. The zero-order valence-corrected chi connectivity index (χ0v) is 14.6. The van der Waals surface area contributed by atoms with Gasteiger partial charge < -0.3 is 10.1 Å². The SMILES string of the molecule is C[C@@H](c1cnccn1)N1CCC[C@H](CNC(=O)OC(C)(C)C)C1. The van der Waals surface area contributed by atoms with Crippen LogP contribution in [0.3, 0.4) is 0 Å². The molecule has 128 valence electrons. The Hall–Kier alpha value is -1.69. The summed E-state index contributed by atoms with van der Waals surface area (Å²) in [5.74, 6) is 0.440. The lowest BCUT2D eigenvalue weighted by molar-refractivity contribution is 0.0500. The van der Waals surface area contributed by atoms with E-state index in [2.05, 4.69) is 27.1 Å². The lowest BCUT2D eigenvalue weighted by Gasteiger charge is -2.36. The van der Waals surface area contributed by atoms with Crippen LogP contribution in [0, 0.1) is 5.92 Å². The Balaban J connectivity index is 1.83. The second-order valence-electron chi connectivity index (χ2n) is 7.19. The molecule has 1 N–H and O–H groups in total. The molecule has 1 aliphatic rings. The molecule has 1 aliphatic heterocycles. The molecule has 1 saturated heterocycles. The maximum absolute atomic E-state index is 11.8. The van der Waals surface area contributed by atoms with Crippen molar-refractivity contribution >= 4 is 6.09 Å². The first kappa shape index (κ1) is 17.7. The highest BCUT2D eigenvalue weighted by Gasteiger charge is 2.26. The summed E-state index contributed by atoms with van der Waals surface area (Å²) in [6, 6.07) is 0.244. The van der Waals surface area contributed by atoms with E-state index < -0.39 is 5.60 Å². The van der Waals surface area contributed by atoms with Crippen LogP contribution in [0.1, 0.15) is 52.3 Å². The number of likely N-dealkylation sites (tertiary alicyclic amines) is 1. The molecule has 2 rings (SSSR count). The Bertz CT molecular complexity index is 501. The Morgan fingerprint density at radius 2 is 2.26 bits per heavy atom. The summed E-state index contributed by atoms with van der Waals surface area (Å²) in [5, 5.41) is 2.89. The lowest BCUT2D eigenvalue weighted by atomic mass is 9.96. The molecule has 6 nitrogen and oxygen atoms in total. The average Bonchev–Trinajstić information content (AvgIpc) is 2.52. The minimum absolute atomic E-state index is 0.244. The molecule has 1 aromatic heterocycles. The van der Waals surface area contributed by atoms with E-state index in [1.54, 1.807) is 12.4 Å². The molecule has 6 heteroatoms. The van der Waals surface area contributed by atoms with Gasteiger partial charge in [-0.1, -0.05) is 0 Å². The first-order chi connectivity index (χ1) is 10.8. The van der Waals surface area contributed by atoms with E-state index in [0.29, 0.717) is 12.5 Å². The van der Waals surface area contributed by atoms with Crippen molar-refractivity contribution in [2.45, 2.75) is 52.2 Å². The first-order valence-electron chi connectivity index (χ1n) is 8.32. The minimum atomic E-state index is -0.455. The van der Waals surface area contributed by atoms with Crippen LogP contribution in [-0.4, -0.2) is 46.2 Å². The van der Waals surface area contributed by atoms with Crippen molar-refractivity contribution in [1.82, 2.24) is 20.2 Å². The molecule has 0 aliphatic carbocycles. The van der Waals surface area contributed by atoms with Crippen molar-refractivity contribution in [3.8, 4) is 0 Å². The van der Waals surface area contributed by atoms with Gasteiger partial charge in [-0.15, -0.1) is 0 Å². The predicted octanol–water partition coefficient (Wildman–Crippen LogP) is 2.77. The number of piperidine rings is 1. The fraction of sp³-hybridized carbons (Fsp3) is 0.706. The van der Waals surface area contributed by atoms with Gasteiger partial charge in [-0.2, -0.15) is 0 Å². The van der Waals surface area contributed by atoms with Gasteiger partial charge >= 0.3 is 6.09 Å². The summed E-state index contributed by atoms with van der Waals surface area (Å²) >= 11 is 0. The highest BCUT2D eigenvalue weighted by atomic mass is 16.6. The number of aromatic nitrogens is 2. The van der Waals surface area contributed by atoms with Crippen molar-refractivity contribution in [3.05, 3.63) is 24.3 Å². The topological polar surface area (TPSA) is 67.4 Å². The molecular weight excluding hydrogens is 292 g/mol. The maximum Gasteiger partial charge on any atom is 0.407 e. The number of ether oxygens (including phenoxy) is 1. The van der Waals surface area contributed by atoms with Crippen molar-refractivity contribution in [2.75, 3.05) is 19.6 Å². The molecule has 0 spiro atoms. The molecule has 1 aromatic rings. The van der Waals surface area contributed by atoms with E-state index in [4.69, 9.17) is 4.74 Å². The largest absolute Gasteiger partial charge is 0.444 e. The molecule has 0 radical (unpaired) electrons. The number of nitrogens with one attached hydrogen (secondary N) is 1. The number of carbonyl (C=O) groups excluding carboxylic acids is 1. The maximum atomic E-state index is 11.8. The zero-order valence-electron chi connectivity index (χ0n) is 14.6. The van der Waals surface area contributed by atoms with E-state index >= 15 is 0 Å². The van der Waals surface area contributed by atoms with Gasteiger partial charge in [-0.25, -0.2) is 4.79 Å². The highest BCUT2D eigenvalue weighted by Crippen LogP contribution is 2.24. The molecule has 2 atom stereocenters. The fourth-order valence-electron chi connectivity index (χ4n) is 2.87. The summed E-state index contributed by atoms with van der Waals surface area (Å²) in [6.45, 7) is 10.4. The fourth-order valence-corrected chi connectivity index (χ4v) is 2.87. The van der Waals surface area contributed by atoms with Gasteiger partial charge in [-0.05, 0) is 53.0 Å². The predicted molar refractivity (Wildman–Crippen MR) is 89.0 cm³/mol. The second-order valence-corrected chi connectivity index (χ2v) is 7.19. The number of alkyl carbamates (subject to hydrolysis) is 1. The minimum Gasteiger partial charge on any atom is -0.444 e. The highest BCUT2D eigenvalue weighted by molar-refractivity contribution is 5.67. The number of nitrogens with zero attached hydrogens (tertiary/aromatic N) is 3. The van der Waals surface area contributed by atoms with Gasteiger partial charge in [0.1, 0.15) is 5.60 Å². The van der Waals surface area contributed by atoms with Gasteiger partial charge in [0.25, 0.3) is 0 Å². The van der Waals surface area contributed by atoms with Crippen LogP contribution in [0.25, 0.3) is 0 Å². The van der Waals surface area contributed by atoms with Crippen LogP contribution >= 0.6 is 0 Å². The number of hydrogen-bond donors (Lipinski definition) is 1. The average molecular weight is 320 g/mol. The zero-order chi connectivity index (χ0) is 16.9. The molecule has 1 amide bonds. The summed E-state index contributed by atoms with van der Waals surface area (Å²) in [6.07, 6.45) is 7.17. The second kappa shape index (κ2) is 7.73. The summed E-state index contributed by atoms with van der Waals surface area (Å²) in [5.41, 5.74) is 0.539. The van der Waals surface area contributed by atoms with E-state index in [-0.39, 0.29) is 12.1 Å². The summed E-state index contributed by atoms with van der Waals surface area (Å²) in [7, 11) is 0. The molecule has 2 heterocycles. The molecule has 0 bridgehead atoms. The standard InChI is InChI=1S/C17H28N4O2/c1-13(15-11-18-7-8-19-15)21-9-5-6-14(12-21)10-20-16(22)23-17(2,3)4/h7-8,11,13-14H,5-6,9-10,12H2,1-4H3,(H,20,22)/t13-,14+/m0/s1. The van der Waals surface area contributed by atoms with E-state index in [1.807, 2.05) is 27.0 Å². The van der Waals surface area contributed by atoms with Crippen LogP contribution in [0.15, 0.2) is 18.6 Å². The quantitative estimate of drug-likeness (QED) is 0.924. The van der Waals surface area contributed by atoms with E-state index in [9.17, 15) is 4.79 Å². The van der Waals surface area contributed by atoms with Gasteiger partial charge in [0, 0.05) is 31.7 Å². The summed E-state index contributed by atoms with van der Waals surface area (Å²) < 4.78 is 5.29. The van der Waals surface area contributed by atoms with Gasteiger partial charge in [0.05, 0.1) is 11.7 Å². The Labute approximate surface area is 138 Å². The van der Waals surface area contributed by atoms with Crippen LogP contribution in [0.2, 0.25) is 0 Å². The third kappa shape index (κ3) is 5.78. The van der Waals surface area contributed by atoms with Gasteiger partial charge in [0.2, 0.25) is 0 Å². The smallest absolute Gasteiger partial charge is 0.407 e. The van der Waals surface area contributed by atoms with Crippen molar-refractivity contribution in [2.24, 2.45) is 5.92 Å². The first-order valence-corrected chi connectivity index (χ1v) is 8.32. The normalized spacial score (nSPS) is 20.8. The Kier molecular flexibility index (Phi) is 5.93. The van der Waals surface area contributed by atoms with Crippen LogP contribution in [0.5, 0.6) is 0 Å². The molecular formula is C17H28N4O2. The number of carbonyl (C=O) groups is 1. The third-order valence-corrected chi connectivity index (χ3v) is 4.04. The van der Waals surface area contributed by atoms with E-state index in [1.165, 1.54) is 0 Å². The molecule has 0 aromatic carbocycles. The van der Waals surface area contributed by atoms with E-state index in [0.717, 1.165) is 31.6 Å². The number of amides is 1. The molecule has 0 saturated carbocycles. The molecule has 0 unspecified atom stereocenters. The lowest BCUT2D eigenvalue weighted by Crippen LogP contribution is -2.43. The van der Waals surface area contributed by atoms with Crippen molar-refractivity contribution in [1.29, 1.82) is 0 Å². The Morgan fingerprint density at radius 3 is 2.91 bits per heavy atom. The molecule has 23 heavy (non-hydrogen) atoms. The van der Waals surface area contributed by atoms with Gasteiger partial charge in [0.15, 0.2) is 0 Å². The van der Waals surface area contributed by atoms with Crippen molar-refractivity contribution in [3.63, 3.8) is 0 Å². The van der Waals surface area contributed by atoms with Crippen LogP contribution in [0.4, 0.5) is 4.79 Å². The van der Waals surface area contributed by atoms with Crippen molar-refractivity contribution < 1.29 is 9.53 Å². The molecule has 1 fully saturated rings. The van der Waals surface area contributed by atoms with Gasteiger partial charge in [-0.3, -0.25) is 14.9 Å². The van der Waals surface area contributed by atoms with Crippen LogP contribution < -0.4 is 5.32 Å². The monoisotopic (exact) mass is 320 g/mol. The van der Waals surface area contributed by atoms with Crippen LogP contribution in [-0.2, 0) is 4.74 Å². The Morgan fingerprint density at radius 1 is 1.48 bits per heavy atom. The number of hydrogen-bond acceptors (Lipinski definition) is 5. The summed E-state index contributed by atoms with van der Waals surface area (Å²) in [4.78, 5) is 22.7. The number of rotatable bonds is 4.